The molecule has 1 aromatic heterocycles. The molecule has 5 rings (SSSR count). The molecule has 1 N–H and O–H groups in total. The summed E-state index contributed by atoms with van der Waals surface area (Å²) in [6, 6.07) is 7.76. The third-order valence-corrected chi connectivity index (χ3v) is 8.29. The van der Waals surface area contributed by atoms with Gasteiger partial charge in [-0.25, -0.2) is 0 Å². The highest BCUT2D eigenvalue weighted by molar-refractivity contribution is 6.30. The van der Waals surface area contributed by atoms with E-state index in [-0.39, 0.29) is 17.9 Å². The summed E-state index contributed by atoms with van der Waals surface area (Å²) >= 11 is 6.23. The summed E-state index contributed by atoms with van der Waals surface area (Å²) in [4.78, 5) is 30.7. The predicted octanol–water partition coefficient (Wildman–Crippen LogP) is 5.21. The van der Waals surface area contributed by atoms with Crippen molar-refractivity contribution >= 4 is 23.4 Å². The van der Waals surface area contributed by atoms with E-state index in [1.54, 1.807) is 0 Å². The minimum absolute atomic E-state index is 0.0102. The number of hydrogen-bond donors (Lipinski definition) is 1. The first-order chi connectivity index (χ1) is 16.0. The predicted molar refractivity (Wildman–Crippen MR) is 129 cm³/mol. The Balaban J connectivity index is 1.30. The lowest BCUT2D eigenvalue weighted by atomic mass is 9.78. The van der Waals surface area contributed by atoms with E-state index in [9.17, 15) is 9.59 Å². The number of carbonyl (C=O) groups excluding carboxylic acids is 2. The molecule has 1 saturated carbocycles. The van der Waals surface area contributed by atoms with E-state index in [2.05, 4.69) is 22.0 Å². The lowest BCUT2D eigenvalue weighted by molar-refractivity contribution is -0.149. The van der Waals surface area contributed by atoms with E-state index in [0.29, 0.717) is 24.0 Å². The highest BCUT2D eigenvalue weighted by Crippen LogP contribution is 2.42. The molecule has 0 bridgehead atoms. The number of H-pyrrole nitrogens is 1. The molecule has 2 aliphatic heterocycles. The SMILES string of the molecule is CC1(C(=O)N2CCCC2c2[nH]ncc2-c2cccc(Cl)c2)CCN(C(=O)C2CCCC2)CC1. The molecule has 3 aliphatic rings. The van der Waals surface area contributed by atoms with Crippen molar-refractivity contribution in [3.8, 4) is 11.1 Å². The molecule has 176 valence electrons. The van der Waals surface area contributed by atoms with E-state index in [1.165, 1.54) is 12.8 Å². The van der Waals surface area contributed by atoms with Crippen LogP contribution in [0.15, 0.2) is 30.5 Å². The van der Waals surface area contributed by atoms with Crippen LogP contribution >= 0.6 is 11.6 Å². The first-order valence-corrected chi connectivity index (χ1v) is 12.7. The lowest BCUT2D eigenvalue weighted by Gasteiger charge is -2.42. The summed E-state index contributed by atoms with van der Waals surface area (Å²) in [6.07, 6.45) is 9.59. The van der Waals surface area contributed by atoms with Crippen molar-refractivity contribution in [2.45, 2.75) is 64.3 Å². The molecule has 1 atom stereocenters. The van der Waals surface area contributed by atoms with Gasteiger partial charge in [0.25, 0.3) is 0 Å². The number of rotatable bonds is 4. The van der Waals surface area contributed by atoms with Gasteiger partial charge in [-0.15, -0.1) is 0 Å². The fourth-order valence-electron chi connectivity index (χ4n) is 5.96. The molecular formula is C26H33ClN4O2. The van der Waals surface area contributed by atoms with Crippen molar-refractivity contribution in [3.63, 3.8) is 0 Å². The van der Waals surface area contributed by atoms with Crippen LogP contribution in [0.4, 0.5) is 0 Å². The maximum Gasteiger partial charge on any atom is 0.229 e. The molecule has 1 unspecified atom stereocenters. The van der Waals surface area contributed by atoms with Gasteiger partial charge in [0.15, 0.2) is 0 Å². The number of halogens is 1. The molecule has 1 aromatic carbocycles. The van der Waals surface area contributed by atoms with Gasteiger partial charge >= 0.3 is 0 Å². The van der Waals surface area contributed by atoms with E-state index < -0.39 is 5.41 Å². The highest BCUT2D eigenvalue weighted by atomic mass is 35.5. The Labute approximate surface area is 200 Å². The van der Waals surface area contributed by atoms with Gasteiger partial charge in [-0.05, 0) is 56.2 Å². The number of nitrogens with one attached hydrogen (secondary N) is 1. The first kappa shape index (κ1) is 22.5. The minimum Gasteiger partial charge on any atom is -0.342 e. The first-order valence-electron chi connectivity index (χ1n) is 12.4. The van der Waals surface area contributed by atoms with Gasteiger partial charge in [-0.3, -0.25) is 14.7 Å². The van der Waals surface area contributed by atoms with Crippen LogP contribution < -0.4 is 0 Å². The van der Waals surface area contributed by atoms with E-state index in [1.807, 2.05) is 35.4 Å². The zero-order valence-corrected chi connectivity index (χ0v) is 20.1. The summed E-state index contributed by atoms with van der Waals surface area (Å²) in [5.41, 5.74) is 2.58. The third-order valence-electron chi connectivity index (χ3n) is 8.05. The molecule has 6 nitrogen and oxygen atoms in total. The summed E-state index contributed by atoms with van der Waals surface area (Å²) in [5, 5.41) is 8.18. The number of hydrogen-bond acceptors (Lipinski definition) is 3. The number of aromatic nitrogens is 2. The average molecular weight is 469 g/mol. The van der Waals surface area contributed by atoms with Crippen molar-refractivity contribution in [2.75, 3.05) is 19.6 Å². The Morgan fingerprint density at radius 3 is 2.58 bits per heavy atom. The van der Waals surface area contributed by atoms with Crippen LogP contribution in [0.2, 0.25) is 5.02 Å². The van der Waals surface area contributed by atoms with Crippen LogP contribution in [0.5, 0.6) is 0 Å². The maximum atomic E-state index is 13.8. The van der Waals surface area contributed by atoms with Crippen LogP contribution in [0.1, 0.15) is 70.0 Å². The highest BCUT2D eigenvalue weighted by Gasteiger charge is 2.45. The summed E-state index contributed by atoms with van der Waals surface area (Å²) < 4.78 is 0. The number of aromatic amines is 1. The Bertz CT molecular complexity index is 1020. The summed E-state index contributed by atoms with van der Waals surface area (Å²) in [7, 11) is 0. The van der Waals surface area contributed by atoms with Crippen LogP contribution in [0, 0.1) is 11.3 Å². The molecule has 3 heterocycles. The fourth-order valence-corrected chi connectivity index (χ4v) is 6.15. The molecule has 2 aromatic rings. The van der Waals surface area contributed by atoms with Crippen LogP contribution in [0.25, 0.3) is 11.1 Å². The van der Waals surface area contributed by atoms with E-state index >= 15 is 0 Å². The molecule has 7 heteroatoms. The molecular weight excluding hydrogens is 436 g/mol. The van der Waals surface area contributed by atoms with Gasteiger partial charge < -0.3 is 9.80 Å². The second-order valence-corrected chi connectivity index (χ2v) is 10.7. The van der Waals surface area contributed by atoms with Gasteiger partial charge in [-0.1, -0.05) is 43.5 Å². The number of carbonyl (C=O) groups is 2. The van der Waals surface area contributed by atoms with Crippen molar-refractivity contribution in [3.05, 3.63) is 41.2 Å². The molecule has 3 fully saturated rings. The van der Waals surface area contributed by atoms with E-state index in [0.717, 1.165) is 61.9 Å². The monoisotopic (exact) mass is 468 g/mol. The zero-order valence-electron chi connectivity index (χ0n) is 19.4. The van der Waals surface area contributed by atoms with Crippen molar-refractivity contribution in [2.24, 2.45) is 11.3 Å². The van der Waals surface area contributed by atoms with Crippen molar-refractivity contribution in [1.29, 1.82) is 0 Å². The van der Waals surface area contributed by atoms with Crippen LogP contribution in [-0.2, 0) is 9.59 Å². The van der Waals surface area contributed by atoms with Gasteiger partial charge in [0, 0.05) is 41.6 Å². The number of nitrogens with zero attached hydrogens (tertiary/aromatic N) is 3. The van der Waals surface area contributed by atoms with Crippen LogP contribution in [-0.4, -0.2) is 51.4 Å². The molecule has 0 radical (unpaired) electrons. The summed E-state index contributed by atoms with van der Waals surface area (Å²) in [6.45, 7) is 4.23. The zero-order chi connectivity index (χ0) is 23.0. The fraction of sp³-hybridized carbons (Fsp3) is 0.577. The number of amides is 2. The summed E-state index contributed by atoms with van der Waals surface area (Å²) in [5.74, 6) is 0.729. The third kappa shape index (κ3) is 4.30. The molecule has 1 aliphatic carbocycles. The second kappa shape index (κ2) is 9.13. The normalized spacial score (nSPS) is 23.3. The number of benzene rings is 1. The average Bonchev–Trinajstić information content (AvgIpc) is 3.60. The molecule has 2 amide bonds. The Kier molecular flexibility index (Phi) is 6.21. The van der Waals surface area contributed by atoms with Crippen molar-refractivity contribution in [1.82, 2.24) is 20.0 Å². The van der Waals surface area contributed by atoms with Crippen LogP contribution in [0.3, 0.4) is 0 Å². The Morgan fingerprint density at radius 1 is 1.09 bits per heavy atom. The standard InChI is InChI=1S/C26H33ClN4O2/c1-26(11-14-30(15-12-26)24(32)18-6-2-3-7-18)25(33)31-13-5-10-22(31)23-21(17-28-29-23)19-8-4-9-20(27)16-19/h4,8-9,16-18,22H,2-3,5-7,10-15H2,1H3,(H,28,29). The molecule has 2 saturated heterocycles. The smallest absolute Gasteiger partial charge is 0.229 e. The second-order valence-electron chi connectivity index (χ2n) is 10.2. The maximum absolute atomic E-state index is 13.8. The van der Waals surface area contributed by atoms with Gasteiger partial charge in [0.1, 0.15) is 0 Å². The number of piperidine rings is 1. The van der Waals surface area contributed by atoms with Crippen molar-refractivity contribution < 1.29 is 9.59 Å². The molecule has 0 spiro atoms. The lowest BCUT2D eigenvalue weighted by Crippen LogP contribution is -2.50. The topological polar surface area (TPSA) is 69.3 Å². The minimum atomic E-state index is -0.425. The number of likely N-dealkylation sites (tertiary alicyclic amines) is 2. The molecule has 33 heavy (non-hydrogen) atoms. The van der Waals surface area contributed by atoms with Gasteiger partial charge in [0.05, 0.1) is 17.9 Å². The van der Waals surface area contributed by atoms with Gasteiger partial charge in [-0.2, -0.15) is 5.10 Å². The quantitative estimate of drug-likeness (QED) is 0.669. The van der Waals surface area contributed by atoms with E-state index in [4.69, 9.17) is 11.6 Å². The van der Waals surface area contributed by atoms with Gasteiger partial charge in [0.2, 0.25) is 11.8 Å². The Hall–Kier alpha value is -2.34. The largest absolute Gasteiger partial charge is 0.342 e. The Morgan fingerprint density at radius 2 is 1.85 bits per heavy atom.